The van der Waals surface area contributed by atoms with Gasteiger partial charge in [0.05, 0.1) is 13.2 Å². The van der Waals surface area contributed by atoms with Crippen molar-refractivity contribution in [2.75, 3.05) is 13.7 Å². The highest BCUT2D eigenvalue weighted by atomic mass is 16.6. The molecule has 2 rings (SSSR count). The second kappa shape index (κ2) is 9.57. The van der Waals surface area contributed by atoms with E-state index in [9.17, 15) is 15.0 Å². The molecule has 2 atom stereocenters. The maximum absolute atomic E-state index is 11.7. The Morgan fingerprint density at radius 2 is 1.71 bits per heavy atom. The van der Waals surface area contributed by atoms with Crippen LogP contribution in [0, 0.1) is 0 Å². The van der Waals surface area contributed by atoms with Crippen molar-refractivity contribution >= 4 is 5.97 Å². The van der Waals surface area contributed by atoms with E-state index in [0.717, 1.165) is 17.5 Å². The van der Waals surface area contributed by atoms with Gasteiger partial charge in [0.2, 0.25) is 0 Å². The van der Waals surface area contributed by atoms with Crippen LogP contribution in [0.2, 0.25) is 0 Å². The number of carbonyl (C=O) groups is 1. The summed E-state index contributed by atoms with van der Waals surface area (Å²) >= 11 is 0. The van der Waals surface area contributed by atoms with Gasteiger partial charge < -0.3 is 25.0 Å². The van der Waals surface area contributed by atoms with Crippen molar-refractivity contribution in [3.05, 3.63) is 59.7 Å². The van der Waals surface area contributed by atoms with Crippen molar-refractivity contribution < 1.29 is 24.5 Å². The van der Waals surface area contributed by atoms with Crippen LogP contribution in [0.4, 0.5) is 0 Å². The highest BCUT2D eigenvalue weighted by Gasteiger charge is 2.30. The number of phenolic OH excluding ortho intramolecular Hbond substituents is 1. The van der Waals surface area contributed by atoms with Crippen LogP contribution in [-0.4, -0.2) is 41.5 Å². The second-order valence-corrected chi connectivity index (χ2v) is 7.28. The molecule has 0 aliphatic carbocycles. The quantitative estimate of drug-likeness (QED) is 0.574. The van der Waals surface area contributed by atoms with E-state index in [1.807, 2.05) is 31.2 Å². The first kappa shape index (κ1) is 21.7. The molecule has 0 aliphatic heterocycles. The SMILES string of the molecule is COC(=O)C(C)(C)Oc1ccc(CCN[C@H](C)[C@H](O)c2ccc(O)cc2)cc1. The Balaban J connectivity index is 1.83. The largest absolute Gasteiger partial charge is 0.508 e. The van der Waals surface area contributed by atoms with Crippen molar-refractivity contribution in [1.29, 1.82) is 0 Å². The van der Waals surface area contributed by atoms with Crippen LogP contribution in [0.5, 0.6) is 11.5 Å². The van der Waals surface area contributed by atoms with Gasteiger partial charge in [-0.15, -0.1) is 0 Å². The number of benzene rings is 2. The Labute approximate surface area is 166 Å². The molecule has 0 spiro atoms. The van der Waals surface area contributed by atoms with E-state index >= 15 is 0 Å². The molecule has 2 aromatic carbocycles. The molecule has 0 aliphatic rings. The second-order valence-electron chi connectivity index (χ2n) is 7.28. The van der Waals surface area contributed by atoms with Crippen LogP contribution in [0.25, 0.3) is 0 Å². The summed E-state index contributed by atoms with van der Waals surface area (Å²) in [7, 11) is 1.34. The van der Waals surface area contributed by atoms with Crippen molar-refractivity contribution in [2.45, 2.75) is 44.9 Å². The van der Waals surface area contributed by atoms with Crippen LogP contribution in [0.15, 0.2) is 48.5 Å². The van der Waals surface area contributed by atoms with Crippen LogP contribution in [0.1, 0.15) is 38.0 Å². The molecular weight excluding hydrogens is 358 g/mol. The summed E-state index contributed by atoms with van der Waals surface area (Å²) in [4.78, 5) is 11.7. The molecule has 0 fully saturated rings. The molecule has 0 aromatic heterocycles. The van der Waals surface area contributed by atoms with Gasteiger partial charge in [-0.05, 0) is 69.1 Å². The molecular formula is C22H29NO5. The normalized spacial score (nSPS) is 13.6. The van der Waals surface area contributed by atoms with E-state index in [1.165, 1.54) is 7.11 Å². The lowest BCUT2D eigenvalue weighted by molar-refractivity contribution is -0.156. The molecule has 0 amide bonds. The lowest BCUT2D eigenvalue weighted by atomic mass is 10.0. The Morgan fingerprint density at radius 1 is 1.11 bits per heavy atom. The van der Waals surface area contributed by atoms with Gasteiger partial charge in [0.15, 0.2) is 5.60 Å². The summed E-state index contributed by atoms with van der Waals surface area (Å²) in [5.74, 6) is 0.351. The summed E-state index contributed by atoms with van der Waals surface area (Å²) in [5, 5.41) is 23.0. The molecule has 6 nitrogen and oxygen atoms in total. The Kier molecular flexibility index (Phi) is 7.43. The summed E-state index contributed by atoms with van der Waals surface area (Å²) in [5.41, 5.74) is 0.826. The van der Waals surface area contributed by atoms with Crippen molar-refractivity contribution in [2.24, 2.45) is 0 Å². The standard InChI is InChI=1S/C22H29NO5/c1-15(20(25)17-7-9-18(24)10-8-17)23-14-13-16-5-11-19(12-6-16)28-22(2,3)21(26)27-4/h5-12,15,20,23-25H,13-14H2,1-4H3/t15-,20+/m1/s1. The fraction of sp³-hybridized carbons (Fsp3) is 0.409. The highest BCUT2D eigenvalue weighted by Crippen LogP contribution is 2.21. The molecule has 3 N–H and O–H groups in total. The first-order chi connectivity index (χ1) is 13.2. The van der Waals surface area contributed by atoms with Gasteiger partial charge in [-0.2, -0.15) is 0 Å². The molecule has 0 saturated carbocycles. The number of ether oxygens (including phenoxy) is 2. The lowest BCUT2D eigenvalue weighted by Crippen LogP contribution is -2.39. The smallest absolute Gasteiger partial charge is 0.349 e. The van der Waals surface area contributed by atoms with E-state index in [0.29, 0.717) is 12.3 Å². The van der Waals surface area contributed by atoms with Crippen LogP contribution >= 0.6 is 0 Å². The maximum atomic E-state index is 11.7. The van der Waals surface area contributed by atoms with Crippen molar-refractivity contribution in [3.63, 3.8) is 0 Å². The Hall–Kier alpha value is -2.57. The number of hydrogen-bond acceptors (Lipinski definition) is 6. The van der Waals surface area contributed by atoms with E-state index in [2.05, 4.69) is 5.32 Å². The van der Waals surface area contributed by atoms with Crippen LogP contribution < -0.4 is 10.1 Å². The number of rotatable bonds is 9. The summed E-state index contributed by atoms with van der Waals surface area (Å²) in [6.45, 7) is 5.95. The minimum Gasteiger partial charge on any atom is -0.508 e. The van der Waals surface area contributed by atoms with Gasteiger partial charge in [0.25, 0.3) is 0 Å². The van der Waals surface area contributed by atoms with Crippen LogP contribution in [-0.2, 0) is 16.0 Å². The zero-order valence-corrected chi connectivity index (χ0v) is 16.8. The van der Waals surface area contributed by atoms with Gasteiger partial charge in [0.1, 0.15) is 11.5 Å². The molecule has 152 valence electrons. The van der Waals surface area contributed by atoms with Crippen molar-refractivity contribution in [1.82, 2.24) is 5.32 Å². The number of methoxy groups -OCH3 is 1. The third kappa shape index (κ3) is 5.97. The van der Waals surface area contributed by atoms with Gasteiger partial charge in [-0.25, -0.2) is 4.79 Å². The van der Waals surface area contributed by atoms with Gasteiger partial charge in [0, 0.05) is 6.04 Å². The van der Waals surface area contributed by atoms with Gasteiger partial charge in [-0.1, -0.05) is 24.3 Å². The topological polar surface area (TPSA) is 88.0 Å². The third-order valence-electron chi connectivity index (χ3n) is 4.56. The fourth-order valence-electron chi connectivity index (χ4n) is 2.82. The number of carbonyl (C=O) groups excluding carboxylic acids is 1. The minimum atomic E-state index is -1.04. The number of nitrogens with one attached hydrogen (secondary N) is 1. The molecule has 0 heterocycles. The number of aliphatic hydroxyl groups excluding tert-OH is 1. The Bertz CT molecular complexity index is 756. The number of aliphatic hydroxyl groups is 1. The van der Waals surface area contributed by atoms with E-state index in [4.69, 9.17) is 9.47 Å². The lowest BCUT2D eigenvalue weighted by Gasteiger charge is -2.23. The maximum Gasteiger partial charge on any atom is 0.349 e. The number of aromatic hydroxyl groups is 1. The summed E-state index contributed by atoms with van der Waals surface area (Å²) in [6.07, 6.45) is 0.129. The van der Waals surface area contributed by atoms with Crippen molar-refractivity contribution in [3.8, 4) is 11.5 Å². The number of esters is 1. The molecule has 0 bridgehead atoms. The molecule has 0 unspecified atom stereocenters. The van der Waals surface area contributed by atoms with E-state index in [-0.39, 0.29) is 11.8 Å². The van der Waals surface area contributed by atoms with Gasteiger partial charge in [-0.3, -0.25) is 0 Å². The first-order valence-electron chi connectivity index (χ1n) is 9.29. The average molecular weight is 387 g/mol. The summed E-state index contributed by atoms with van der Waals surface area (Å²) in [6, 6.07) is 14.0. The highest BCUT2D eigenvalue weighted by molar-refractivity contribution is 5.78. The Morgan fingerprint density at radius 3 is 2.29 bits per heavy atom. The fourth-order valence-corrected chi connectivity index (χ4v) is 2.82. The van der Waals surface area contributed by atoms with Crippen LogP contribution in [0.3, 0.4) is 0 Å². The first-order valence-corrected chi connectivity index (χ1v) is 9.29. The predicted octanol–water partition coefficient (Wildman–Crippen LogP) is 2.98. The monoisotopic (exact) mass is 387 g/mol. The average Bonchev–Trinajstić information content (AvgIpc) is 2.68. The zero-order valence-electron chi connectivity index (χ0n) is 16.8. The van der Waals surface area contributed by atoms with E-state index < -0.39 is 17.7 Å². The summed E-state index contributed by atoms with van der Waals surface area (Å²) < 4.78 is 10.4. The molecule has 2 aromatic rings. The predicted molar refractivity (Wildman–Crippen MR) is 107 cm³/mol. The molecule has 0 radical (unpaired) electrons. The zero-order chi connectivity index (χ0) is 20.7. The minimum absolute atomic E-state index is 0.131. The molecule has 0 saturated heterocycles. The molecule has 6 heteroatoms. The van der Waals surface area contributed by atoms with Gasteiger partial charge >= 0.3 is 5.97 Å². The van der Waals surface area contributed by atoms with E-state index in [1.54, 1.807) is 38.1 Å². The number of phenols is 1. The third-order valence-corrected chi connectivity index (χ3v) is 4.56. The number of hydrogen-bond donors (Lipinski definition) is 3. The molecule has 28 heavy (non-hydrogen) atoms.